The maximum atomic E-state index is 12.8. The summed E-state index contributed by atoms with van der Waals surface area (Å²) in [5.41, 5.74) is 1.78. The molecule has 5 nitrogen and oxygen atoms in total. The number of amidine groups is 1. The van der Waals surface area contributed by atoms with Crippen molar-refractivity contribution in [2.75, 3.05) is 19.9 Å². The molecule has 0 fully saturated rings. The number of amides is 1. The molecular formula is C18H15BrN2O3S. The highest BCUT2D eigenvalue weighted by atomic mass is 79.9. The largest absolute Gasteiger partial charge is 0.454 e. The first kappa shape index (κ1) is 16.5. The van der Waals surface area contributed by atoms with Crippen LogP contribution in [0.2, 0.25) is 0 Å². The molecule has 2 aromatic rings. The van der Waals surface area contributed by atoms with Crippen LogP contribution >= 0.6 is 27.7 Å². The van der Waals surface area contributed by atoms with Crippen LogP contribution in [0.4, 0.5) is 0 Å². The number of fused-ring (bicyclic) bond motifs is 1. The van der Waals surface area contributed by atoms with Crippen molar-refractivity contribution in [1.29, 1.82) is 0 Å². The van der Waals surface area contributed by atoms with Crippen molar-refractivity contribution in [3.05, 3.63) is 58.1 Å². The molecule has 0 atom stereocenters. The molecule has 0 radical (unpaired) electrons. The Morgan fingerprint density at radius 1 is 1.16 bits per heavy atom. The van der Waals surface area contributed by atoms with E-state index < -0.39 is 0 Å². The molecule has 2 aliphatic rings. The van der Waals surface area contributed by atoms with Crippen molar-refractivity contribution < 1.29 is 14.3 Å². The van der Waals surface area contributed by atoms with Gasteiger partial charge in [0.1, 0.15) is 0 Å². The predicted octanol–water partition coefficient (Wildman–Crippen LogP) is 3.92. The van der Waals surface area contributed by atoms with E-state index in [-0.39, 0.29) is 12.7 Å². The van der Waals surface area contributed by atoms with Crippen molar-refractivity contribution in [3.63, 3.8) is 0 Å². The number of hydrogen-bond acceptors (Lipinski definition) is 5. The summed E-state index contributed by atoms with van der Waals surface area (Å²) in [6, 6.07) is 13.4. The quantitative estimate of drug-likeness (QED) is 0.757. The minimum absolute atomic E-state index is 0.0575. The van der Waals surface area contributed by atoms with Crippen LogP contribution in [0.1, 0.15) is 15.9 Å². The first-order valence-corrected chi connectivity index (χ1v) is 9.62. The van der Waals surface area contributed by atoms with Crippen LogP contribution in [0.5, 0.6) is 11.5 Å². The summed E-state index contributed by atoms with van der Waals surface area (Å²) >= 11 is 5.02. The van der Waals surface area contributed by atoms with Crippen molar-refractivity contribution in [3.8, 4) is 11.5 Å². The molecule has 4 rings (SSSR count). The normalized spacial score (nSPS) is 15.4. The topological polar surface area (TPSA) is 51.1 Å². The van der Waals surface area contributed by atoms with E-state index in [0.717, 1.165) is 15.4 Å². The Kier molecular flexibility index (Phi) is 4.67. The average Bonchev–Trinajstić information content (AvgIpc) is 3.29. The number of benzene rings is 2. The van der Waals surface area contributed by atoms with E-state index in [1.807, 2.05) is 12.1 Å². The molecule has 0 saturated carbocycles. The van der Waals surface area contributed by atoms with Crippen LogP contribution in [-0.4, -0.2) is 35.9 Å². The number of halogens is 1. The summed E-state index contributed by atoms with van der Waals surface area (Å²) in [5.74, 6) is 2.01. The first-order valence-electron chi connectivity index (χ1n) is 7.84. The second kappa shape index (κ2) is 7.09. The zero-order valence-electron chi connectivity index (χ0n) is 13.3. The molecule has 7 heteroatoms. The fraction of sp³-hybridized carbons (Fsp3) is 0.222. The van der Waals surface area contributed by atoms with Gasteiger partial charge in [-0.25, -0.2) is 0 Å². The van der Waals surface area contributed by atoms with E-state index in [9.17, 15) is 4.79 Å². The molecular weight excluding hydrogens is 404 g/mol. The van der Waals surface area contributed by atoms with Crippen LogP contribution in [0, 0.1) is 0 Å². The summed E-state index contributed by atoms with van der Waals surface area (Å²) < 4.78 is 11.7. The van der Waals surface area contributed by atoms with Crippen LogP contribution in [0.3, 0.4) is 0 Å². The molecule has 1 amide bonds. The van der Waals surface area contributed by atoms with Gasteiger partial charge in [0.05, 0.1) is 6.54 Å². The van der Waals surface area contributed by atoms with Gasteiger partial charge in [0, 0.05) is 22.3 Å². The zero-order valence-corrected chi connectivity index (χ0v) is 15.7. The highest BCUT2D eigenvalue weighted by Gasteiger charge is 2.26. The Balaban J connectivity index is 1.45. The number of ether oxygens (including phenoxy) is 2. The van der Waals surface area contributed by atoms with Gasteiger partial charge in [-0.15, -0.1) is 0 Å². The lowest BCUT2D eigenvalue weighted by Crippen LogP contribution is -2.32. The summed E-state index contributed by atoms with van der Waals surface area (Å²) in [4.78, 5) is 19.1. The molecule has 128 valence electrons. The van der Waals surface area contributed by atoms with Crippen LogP contribution in [0.25, 0.3) is 0 Å². The minimum atomic E-state index is -0.0575. The van der Waals surface area contributed by atoms with Gasteiger partial charge in [-0.1, -0.05) is 39.8 Å². The second-order valence-electron chi connectivity index (χ2n) is 5.60. The maximum Gasteiger partial charge on any atom is 0.260 e. The Morgan fingerprint density at radius 3 is 2.80 bits per heavy atom. The van der Waals surface area contributed by atoms with Gasteiger partial charge in [0.25, 0.3) is 5.91 Å². The smallest absolute Gasteiger partial charge is 0.260 e. The van der Waals surface area contributed by atoms with Crippen LogP contribution in [0.15, 0.2) is 51.9 Å². The molecule has 2 aromatic carbocycles. The fourth-order valence-corrected chi connectivity index (χ4v) is 3.92. The number of carbonyl (C=O) groups is 1. The summed E-state index contributed by atoms with van der Waals surface area (Å²) in [5, 5.41) is 0.769. The van der Waals surface area contributed by atoms with E-state index in [0.29, 0.717) is 30.2 Å². The summed E-state index contributed by atoms with van der Waals surface area (Å²) in [7, 11) is 0. The molecule has 0 saturated heterocycles. The van der Waals surface area contributed by atoms with Crippen LogP contribution in [-0.2, 0) is 5.75 Å². The lowest BCUT2D eigenvalue weighted by atomic mass is 10.2. The van der Waals surface area contributed by atoms with Gasteiger partial charge in [0.2, 0.25) is 6.79 Å². The summed E-state index contributed by atoms with van der Waals surface area (Å²) in [6.07, 6.45) is 0. The molecule has 0 aliphatic carbocycles. The van der Waals surface area contributed by atoms with Gasteiger partial charge in [-0.2, -0.15) is 0 Å². The number of nitrogens with zero attached hydrogens (tertiary/aromatic N) is 2. The zero-order chi connectivity index (χ0) is 17.2. The van der Waals surface area contributed by atoms with Crippen molar-refractivity contribution in [2.24, 2.45) is 4.99 Å². The lowest BCUT2D eigenvalue weighted by Gasteiger charge is -2.18. The SMILES string of the molecule is O=C(c1ccc2c(c1)OCO2)N1CCN=C1SCc1ccc(Br)cc1. The van der Waals surface area contributed by atoms with Gasteiger partial charge < -0.3 is 9.47 Å². The molecule has 0 N–H and O–H groups in total. The van der Waals surface area contributed by atoms with E-state index >= 15 is 0 Å². The molecule has 0 bridgehead atoms. The average molecular weight is 419 g/mol. The highest BCUT2D eigenvalue weighted by Crippen LogP contribution is 2.33. The molecule has 0 unspecified atom stereocenters. The van der Waals surface area contributed by atoms with E-state index in [1.54, 1.807) is 34.9 Å². The van der Waals surface area contributed by atoms with E-state index in [1.165, 1.54) is 5.56 Å². The minimum Gasteiger partial charge on any atom is -0.454 e. The Bertz CT molecular complexity index is 839. The van der Waals surface area contributed by atoms with Crippen LogP contribution < -0.4 is 9.47 Å². The van der Waals surface area contributed by atoms with Crippen molar-refractivity contribution in [2.45, 2.75) is 5.75 Å². The Hall–Kier alpha value is -1.99. The number of rotatable bonds is 3. The van der Waals surface area contributed by atoms with E-state index in [4.69, 9.17) is 9.47 Å². The first-order chi connectivity index (χ1) is 12.2. The molecule has 2 heterocycles. The third-order valence-corrected chi connectivity index (χ3v) is 5.56. The predicted molar refractivity (Wildman–Crippen MR) is 101 cm³/mol. The number of carbonyl (C=O) groups excluding carboxylic acids is 1. The molecule has 0 spiro atoms. The maximum absolute atomic E-state index is 12.8. The third kappa shape index (κ3) is 3.52. The Labute approximate surface area is 158 Å². The number of hydrogen-bond donors (Lipinski definition) is 0. The number of aliphatic imine (C=N–C) groups is 1. The molecule has 0 aromatic heterocycles. The van der Waals surface area contributed by atoms with Gasteiger partial charge in [-0.05, 0) is 35.9 Å². The lowest BCUT2D eigenvalue weighted by molar-refractivity contribution is 0.0860. The van der Waals surface area contributed by atoms with Gasteiger partial charge in [-0.3, -0.25) is 14.7 Å². The Morgan fingerprint density at radius 2 is 1.96 bits per heavy atom. The van der Waals surface area contributed by atoms with Gasteiger partial charge in [0.15, 0.2) is 16.7 Å². The molecule has 25 heavy (non-hydrogen) atoms. The number of thioether (sulfide) groups is 1. The van der Waals surface area contributed by atoms with Crippen molar-refractivity contribution >= 4 is 38.8 Å². The fourth-order valence-electron chi connectivity index (χ4n) is 2.65. The van der Waals surface area contributed by atoms with Crippen molar-refractivity contribution in [1.82, 2.24) is 4.90 Å². The third-order valence-electron chi connectivity index (χ3n) is 3.95. The summed E-state index contributed by atoms with van der Waals surface area (Å²) in [6.45, 7) is 1.45. The molecule has 2 aliphatic heterocycles. The monoisotopic (exact) mass is 418 g/mol. The highest BCUT2D eigenvalue weighted by molar-refractivity contribution is 9.10. The van der Waals surface area contributed by atoms with Gasteiger partial charge >= 0.3 is 0 Å². The second-order valence-corrected chi connectivity index (χ2v) is 7.46. The standard InChI is InChI=1S/C18H15BrN2O3S/c19-14-4-1-12(2-5-14)10-25-18-20-7-8-21(18)17(22)13-3-6-15-16(9-13)24-11-23-15/h1-6,9H,7-8,10-11H2. The van der Waals surface area contributed by atoms with E-state index in [2.05, 4.69) is 33.1 Å².